The molecule has 1 aromatic rings. The number of rotatable bonds is 8. The van der Waals surface area contributed by atoms with E-state index in [-0.39, 0.29) is 11.9 Å². The lowest BCUT2D eigenvalue weighted by molar-refractivity contribution is -0.118. The Labute approximate surface area is 130 Å². The highest BCUT2D eigenvalue weighted by Gasteiger charge is 2.22. The SMILES string of the molecule is CCCCCN(C(=O)CC)c1nc(C)c(C(=O)OCC)s1. The van der Waals surface area contributed by atoms with Crippen LogP contribution in [0.4, 0.5) is 5.13 Å². The van der Waals surface area contributed by atoms with Crippen LogP contribution in [-0.2, 0) is 9.53 Å². The van der Waals surface area contributed by atoms with Gasteiger partial charge in [0, 0.05) is 13.0 Å². The molecule has 118 valence electrons. The van der Waals surface area contributed by atoms with Crippen molar-refractivity contribution in [2.24, 2.45) is 0 Å². The van der Waals surface area contributed by atoms with Gasteiger partial charge < -0.3 is 4.74 Å². The maximum atomic E-state index is 12.1. The zero-order chi connectivity index (χ0) is 15.8. The van der Waals surface area contributed by atoms with Crippen molar-refractivity contribution in [2.75, 3.05) is 18.1 Å². The molecule has 0 bridgehead atoms. The van der Waals surface area contributed by atoms with Gasteiger partial charge >= 0.3 is 5.97 Å². The minimum Gasteiger partial charge on any atom is -0.462 e. The Hall–Kier alpha value is -1.43. The zero-order valence-electron chi connectivity index (χ0n) is 13.3. The van der Waals surface area contributed by atoms with Crippen molar-refractivity contribution >= 4 is 28.3 Å². The third-order valence-corrected chi connectivity index (χ3v) is 4.23. The molecule has 0 spiro atoms. The van der Waals surface area contributed by atoms with Crippen LogP contribution in [0.1, 0.15) is 61.8 Å². The molecule has 0 aliphatic rings. The fourth-order valence-corrected chi connectivity index (χ4v) is 2.93. The maximum absolute atomic E-state index is 12.1. The number of nitrogens with zero attached hydrogens (tertiary/aromatic N) is 2. The topological polar surface area (TPSA) is 59.5 Å². The average Bonchev–Trinajstić information content (AvgIpc) is 2.85. The molecule has 6 heteroatoms. The summed E-state index contributed by atoms with van der Waals surface area (Å²) in [5, 5.41) is 0.596. The average molecular weight is 312 g/mol. The highest BCUT2D eigenvalue weighted by molar-refractivity contribution is 7.17. The van der Waals surface area contributed by atoms with Gasteiger partial charge in [-0.3, -0.25) is 9.69 Å². The van der Waals surface area contributed by atoms with Gasteiger partial charge in [-0.1, -0.05) is 38.0 Å². The smallest absolute Gasteiger partial charge is 0.350 e. The first-order chi connectivity index (χ1) is 10.0. The molecule has 5 nitrogen and oxygen atoms in total. The van der Waals surface area contributed by atoms with E-state index in [1.165, 1.54) is 11.3 Å². The number of ether oxygens (including phenoxy) is 1. The van der Waals surface area contributed by atoms with Crippen LogP contribution in [-0.4, -0.2) is 30.0 Å². The first-order valence-corrected chi connectivity index (χ1v) is 8.31. The molecule has 0 aromatic carbocycles. The molecule has 0 fully saturated rings. The Balaban J connectivity index is 2.94. The van der Waals surface area contributed by atoms with Crippen molar-refractivity contribution < 1.29 is 14.3 Å². The van der Waals surface area contributed by atoms with Gasteiger partial charge in [-0.25, -0.2) is 9.78 Å². The number of hydrogen-bond acceptors (Lipinski definition) is 5. The van der Waals surface area contributed by atoms with Gasteiger partial charge in [-0.05, 0) is 20.3 Å². The van der Waals surface area contributed by atoms with Gasteiger partial charge in [0.15, 0.2) is 5.13 Å². The van der Waals surface area contributed by atoms with Gasteiger partial charge in [-0.2, -0.15) is 0 Å². The van der Waals surface area contributed by atoms with E-state index >= 15 is 0 Å². The second-order valence-electron chi connectivity index (χ2n) is 4.74. The molecule has 0 unspecified atom stereocenters. The zero-order valence-corrected chi connectivity index (χ0v) is 14.1. The van der Waals surface area contributed by atoms with Gasteiger partial charge in [0.1, 0.15) is 4.88 Å². The molecular formula is C15H24N2O3S. The molecule has 1 amide bonds. The first kappa shape index (κ1) is 17.6. The number of amides is 1. The number of unbranched alkanes of at least 4 members (excludes halogenated alkanes) is 2. The standard InChI is InChI=1S/C15H24N2O3S/c1-5-8-9-10-17(12(18)6-2)15-16-11(4)13(21-15)14(19)20-7-3/h5-10H2,1-4H3. The van der Waals surface area contributed by atoms with Crippen LogP contribution < -0.4 is 4.90 Å². The molecule has 0 N–H and O–H groups in total. The lowest BCUT2D eigenvalue weighted by atomic mass is 10.2. The van der Waals surface area contributed by atoms with Crippen LogP contribution in [0.5, 0.6) is 0 Å². The molecule has 0 radical (unpaired) electrons. The quantitative estimate of drug-likeness (QED) is 0.544. The second kappa shape index (κ2) is 8.77. The molecule has 0 aliphatic carbocycles. The van der Waals surface area contributed by atoms with Crippen molar-refractivity contribution in [1.82, 2.24) is 4.98 Å². The lowest BCUT2D eigenvalue weighted by Crippen LogP contribution is -2.31. The van der Waals surface area contributed by atoms with Crippen LogP contribution in [0.25, 0.3) is 0 Å². The normalized spacial score (nSPS) is 10.5. The Morgan fingerprint density at radius 3 is 2.52 bits per heavy atom. The largest absolute Gasteiger partial charge is 0.462 e. The molecule has 0 aliphatic heterocycles. The van der Waals surface area contributed by atoms with Crippen molar-refractivity contribution in [3.05, 3.63) is 10.6 Å². The van der Waals surface area contributed by atoms with E-state index in [4.69, 9.17) is 4.74 Å². The molecule has 1 rings (SSSR count). The van der Waals surface area contributed by atoms with Gasteiger partial charge in [0.2, 0.25) is 5.91 Å². The van der Waals surface area contributed by atoms with Crippen LogP contribution >= 0.6 is 11.3 Å². The van der Waals surface area contributed by atoms with Gasteiger partial charge in [0.25, 0.3) is 0 Å². The highest BCUT2D eigenvalue weighted by atomic mass is 32.1. The maximum Gasteiger partial charge on any atom is 0.350 e. The van der Waals surface area contributed by atoms with Crippen molar-refractivity contribution in [1.29, 1.82) is 0 Å². The fourth-order valence-electron chi connectivity index (χ4n) is 1.92. The summed E-state index contributed by atoms with van der Waals surface area (Å²) in [6, 6.07) is 0. The number of aromatic nitrogens is 1. The minimum absolute atomic E-state index is 0.0373. The molecule has 1 aromatic heterocycles. The van der Waals surface area contributed by atoms with Gasteiger partial charge in [-0.15, -0.1) is 0 Å². The molecule has 0 atom stereocenters. The number of aryl methyl sites for hydroxylation is 1. The van der Waals surface area contributed by atoms with Crippen molar-refractivity contribution in [2.45, 2.75) is 53.4 Å². The van der Waals surface area contributed by atoms with Crippen molar-refractivity contribution in [3.8, 4) is 0 Å². The molecule has 21 heavy (non-hydrogen) atoms. The monoisotopic (exact) mass is 312 g/mol. The third kappa shape index (κ3) is 4.81. The summed E-state index contributed by atoms with van der Waals surface area (Å²) in [7, 11) is 0. The summed E-state index contributed by atoms with van der Waals surface area (Å²) < 4.78 is 5.02. The van der Waals surface area contributed by atoms with E-state index in [1.54, 1.807) is 18.7 Å². The predicted octanol–water partition coefficient (Wildman–Crippen LogP) is 3.56. The number of carbonyl (C=O) groups is 2. The molecule has 0 saturated heterocycles. The first-order valence-electron chi connectivity index (χ1n) is 7.49. The van der Waals surface area contributed by atoms with E-state index in [0.717, 1.165) is 19.3 Å². The third-order valence-electron chi connectivity index (χ3n) is 3.07. The van der Waals surface area contributed by atoms with Crippen LogP contribution in [0.2, 0.25) is 0 Å². The van der Waals surface area contributed by atoms with E-state index in [0.29, 0.717) is 35.3 Å². The number of hydrogen-bond donors (Lipinski definition) is 0. The summed E-state index contributed by atoms with van der Waals surface area (Å²) in [6.07, 6.45) is 3.54. The van der Waals surface area contributed by atoms with Crippen molar-refractivity contribution in [3.63, 3.8) is 0 Å². The number of thiazole rings is 1. The molecule has 1 heterocycles. The summed E-state index contributed by atoms with van der Waals surface area (Å²) >= 11 is 1.24. The summed E-state index contributed by atoms with van der Waals surface area (Å²) in [6.45, 7) is 8.48. The summed E-state index contributed by atoms with van der Waals surface area (Å²) in [5.74, 6) is -0.327. The van der Waals surface area contributed by atoms with Gasteiger partial charge in [0.05, 0.1) is 12.3 Å². The van der Waals surface area contributed by atoms with Crippen LogP contribution in [0.15, 0.2) is 0 Å². The highest BCUT2D eigenvalue weighted by Crippen LogP contribution is 2.27. The Bertz CT molecular complexity index is 485. The Morgan fingerprint density at radius 2 is 1.95 bits per heavy atom. The van der Waals surface area contributed by atoms with Crippen LogP contribution in [0.3, 0.4) is 0 Å². The number of carbonyl (C=O) groups excluding carboxylic acids is 2. The number of anilines is 1. The molecule has 0 saturated carbocycles. The molecular weight excluding hydrogens is 288 g/mol. The van der Waals surface area contributed by atoms with E-state index in [2.05, 4.69) is 11.9 Å². The Kier molecular flexibility index (Phi) is 7.36. The Morgan fingerprint density at radius 1 is 1.24 bits per heavy atom. The predicted molar refractivity (Wildman–Crippen MR) is 85.0 cm³/mol. The minimum atomic E-state index is -0.365. The fraction of sp³-hybridized carbons (Fsp3) is 0.667. The van der Waals surface area contributed by atoms with E-state index in [1.807, 2.05) is 6.92 Å². The van der Waals surface area contributed by atoms with Crippen LogP contribution in [0, 0.1) is 6.92 Å². The van der Waals surface area contributed by atoms with E-state index < -0.39 is 0 Å². The van der Waals surface area contributed by atoms with E-state index in [9.17, 15) is 9.59 Å². The number of esters is 1. The second-order valence-corrected chi connectivity index (χ2v) is 5.72. The summed E-state index contributed by atoms with van der Waals surface area (Å²) in [5.41, 5.74) is 0.623. The summed E-state index contributed by atoms with van der Waals surface area (Å²) in [4.78, 5) is 30.5. The lowest BCUT2D eigenvalue weighted by Gasteiger charge is -2.18.